The van der Waals surface area contributed by atoms with Crippen molar-refractivity contribution in [2.45, 2.75) is 38.8 Å². The van der Waals surface area contributed by atoms with Crippen molar-refractivity contribution in [3.63, 3.8) is 0 Å². The predicted octanol–water partition coefficient (Wildman–Crippen LogP) is 6.42. The lowest BCUT2D eigenvalue weighted by Crippen LogP contribution is -1.90. The molecule has 1 heterocycles. The molecule has 3 rings (SSSR count). The molecule has 2 nitrogen and oxygen atoms in total. The van der Waals surface area contributed by atoms with Crippen molar-refractivity contribution in [1.82, 2.24) is 9.97 Å². The van der Waals surface area contributed by atoms with Crippen LogP contribution in [0, 0.1) is 11.8 Å². The number of rotatable bonds is 7. The third-order valence-electron chi connectivity index (χ3n) is 4.60. The molecular formula is C26H25FN2. The van der Waals surface area contributed by atoms with Crippen molar-refractivity contribution in [2.75, 3.05) is 0 Å². The number of nitrogens with zero attached hydrogens (tertiary/aromatic N) is 2. The number of benzene rings is 2. The smallest absolute Gasteiger partial charge is 0.0973 e. The zero-order valence-corrected chi connectivity index (χ0v) is 16.7. The van der Waals surface area contributed by atoms with E-state index in [0.29, 0.717) is 6.42 Å². The SMILES string of the molecule is C=CCc1ccc(-c2cnc(-c3ccc(C#CCCCC(C)F)cc3)cn2)cc1. The number of unbranched alkanes of at least 4 members (excludes halogenated alkanes) is 1. The zero-order chi connectivity index (χ0) is 20.5. The van der Waals surface area contributed by atoms with Gasteiger partial charge in [-0.3, -0.25) is 9.97 Å². The topological polar surface area (TPSA) is 25.8 Å². The first-order valence-corrected chi connectivity index (χ1v) is 9.91. The third kappa shape index (κ3) is 6.12. The fraction of sp³-hybridized carbons (Fsp3) is 0.231. The minimum absolute atomic E-state index is 0.571. The molecule has 3 aromatic rings. The Bertz CT molecular complexity index is 976. The summed E-state index contributed by atoms with van der Waals surface area (Å²) < 4.78 is 12.8. The van der Waals surface area contributed by atoms with Gasteiger partial charge in [0, 0.05) is 23.1 Å². The van der Waals surface area contributed by atoms with Gasteiger partial charge < -0.3 is 0 Å². The average molecular weight is 384 g/mol. The quantitative estimate of drug-likeness (QED) is 0.267. The molecule has 0 bridgehead atoms. The Morgan fingerprint density at radius 1 is 0.966 bits per heavy atom. The summed E-state index contributed by atoms with van der Waals surface area (Å²) in [6.45, 7) is 5.35. The van der Waals surface area contributed by atoms with Crippen LogP contribution in [0.2, 0.25) is 0 Å². The van der Waals surface area contributed by atoms with Gasteiger partial charge in [-0.15, -0.1) is 6.58 Å². The number of allylic oxidation sites excluding steroid dienone is 1. The van der Waals surface area contributed by atoms with Crippen LogP contribution in [-0.2, 0) is 6.42 Å². The molecule has 2 aromatic carbocycles. The first-order valence-electron chi connectivity index (χ1n) is 9.91. The Morgan fingerprint density at radius 2 is 1.55 bits per heavy atom. The van der Waals surface area contributed by atoms with Gasteiger partial charge in [0.15, 0.2) is 0 Å². The van der Waals surface area contributed by atoms with Crippen LogP contribution in [0.5, 0.6) is 0 Å². The van der Waals surface area contributed by atoms with Crippen molar-refractivity contribution in [2.24, 2.45) is 0 Å². The Kier molecular flexibility index (Phi) is 7.30. The fourth-order valence-corrected chi connectivity index (χ4v) is 2.97. The molecule has 0 radical (unpaired) electrons. The highest BCUT2D eigenvalue weighted by atomic mass is 19.1. The second-order valence-electron chi connectivity index (χ2n) is 7.03. The average Bonchev–Trinajstić information content (AvgIpc) is 2.75. The number of alkyl halides is 1. The van der Waals surface area contributed by atoms with Gasteiger partial charge in [-0.25, -0.2) is 4.39 Å². The van der Waals surface area contributed by atoms with E-state index in [4.69, 9.17) is 0 Å². The first-order chi connectivity index (χ1) is 14.2. The summed E-state index contributed by atoms with van der Waals surface area (Å²) in [5, 5.41) is 0. The van der Waals surface area contributed by atoms with E-state index < -0.39 is 6.17 Å². The second kappa shape index (κ2) is 10.3. The lowest BCUT2D eigenvalue weighted by molar-refractivity contribution is 0.336. The minimum atomic E-state index is -0.750. The highest BCUT2D eigenvalue weighted by Crippen LogP contribution is 2.21. The van der Waals surface area contributed by atoms with E-state index in [-0.39, 0.29) is 0 Å². The molecule has 0 N–H and O–H groups in total. The van der Waals surface area contributed by atoms with E-state index in [9.17, 15) is 4.39 Å². The summed E-state index contributed by atoms with van der Waals surface area (Å²) in [6, 6.07) is 16.3. The molecule has 0 amide bonds. The van der Waals surface area contributed by atoms with Crippen LogP contribution < -0.4 is 0 Å². The van der Waals surface area contributed by atoms with E-state index >= 15 is 0 Å². The van der Waals surface area contributed by atoms with Crippen LogP contribution in [0.4, 0.5) is 4.39 Å². The fourth-order valence-electron chi connectivity index (χ4n) is 2.97. The summed E-state index contributed by atoms with van der Waals surface area (Å²) in [5.41, 5.74) is 5.91. The number of halogens is 1. The van der Waals surface area contributed by atoms with E-state index in [0.717, 1.165) is 47.3 Å². The summed E-state index contributed by atoms with van der Waals surface area (Å²) >= 11 is 0. The molecular weight excluding hydrogens is 359 g/mol. The molecule has 0 spiro atoms. The summed E-state index contributed by atoms with van der Waals surface area (Å²) in [5.74, 6) is 6.23. The van der Waals surface area contributed by atoms with Gasteiger partial charge in [0.2, 0.25) is 0 Å². The molecule has 0 aliphatic rings. The second-order valence-corrected chi connectivity index (χ2v) is 7.03. The van der Waals surface area contributed by atoms with Gasteiger partial charge in [-0.1, -0.05) is 54.3 Å². The Labute approximate surface area is 172 Å². The highest BCUT2D eigenvalue weighted by Gasteiger charge is 2.03. The molecule has 0 aliphatic carbocycles. The number of hydrogen-bond donors (Lipinski definition) is 0. The van der Waals surface area contributed by atoms with E-state index in [1.807, 2.05) is 30.3 Å². The van der Waals surface area contributed by atoms with Crippen molar-refractivity contribution < 1.29 is 4.39 Å². The van der Waals surface area contributed by atoms with Gasteiger partial charge in [0.05, 0.1) is 30.0 Å². The highest BCUT2D eigenvalue weighted by molar-refractivity contribution is 5.63. The minimum Gasteiger partial charge on any atom is -0.252 e. The van der Waals surface area contributed by atoms with E-state index in [1.165, 1.54) is 5.56 Å². The van der Waals surface area contributed by atoms with E-state index in [2.05, 4.69) is 52.7 Å². The number of hydrogen-bond acceptors (Lipinski definition) is 2. The molecule has 29 heavy (non-hydrogen) atoms. The van der Waals surface area contributed by atoms with Crippen LogP contribution in [0.1, 0.15) is 37.3 Å². The molecule has 3 heteroatoms. The maximum Gasteiger partial charge on any atom is 0.0973 e. The predicted molar refractivity (Wildman–Crippen MR) is 118 cm³/mol. The Hall–Kier alpha value is -3.25. The summed E-state index contributed by atoms with van der Waals surface area (Å²) in [4.78, 5) is 9.13. The standard InChI is InChI=1S/C26H25FN2/c1-3-7-21-10-14-23(15-11-21)25-18-29-26(19-28-25)24-16-12-22(13-17-24)9-6-4-5-8-20(2)27/h3,10-20H,1,4-5,7-8H2,2H3. The molecule has 1 aromatic heterocycles. The molecule has 1 unspecified atom stereocenters. The Morgan fingerprint density at radius 3 is 2.07 bits per heavy atom. The largest absolute Gasteiger partial charge is 0.252 e. The first kappa shape index (κ1) is 20.5. The van der Waals surface area contributed by atoms with Crippen molar-refractivity contribution in [3.05, 3.63) is 84.7 Å². The van der Waals surface area contributed by atoms with E-state index in [1.54, 1.807) is 19.3 Å². The normalized spacial score (nSPS) is 11.4. The van der Waals surface area contributed by atoms with Crippen molar-refractivity contribution in [1.29, 1.82) is 0 Å². The van der Waals surface area contributed by atoms with Crippen molar-refractivity contribution in [3.8, 4) is 34.4 Å². The molecule has 146 valence electrons. The van der Waals surface area contributed by atoms with Gasteiger partial charge in [-0.05, 0) is 43.9 Å². The molecule has 0 saturated carbocycles. The van der Waals surface area contributed by atoms with Crippen LogP contribution in [0.25, 0.3) is 22.5 Å². The number of aromatic nitrogens is 2. The van der Waals surface area contributed by atoms with Crippen LogP contribution in [0.15, 0.2) is 73.6 Å². The molecule has 0 saturated heterocycles. The van der Waals surface area contributed by atoms with Crippen molar-refractivity contribution >= 4 is 0 Å². The van der Waals surface area contributed by atoms with Gasteiger partial charge in [-0.2, -0.15) is 0 Å². The van der Waals surface area contributed by atoms with Crippen LogP contribution in [-0.4, -0.2) is 16.1 Å². The van der Waals surface area contributed by atoms with Gasteiger partial charge >= 0.3 is 0 Å². The van der Waals surface area contributed by atoms with Gasteiger partial charge in [0.25, 0.3) is 0 Å². The molecule has 0 fully saturated rings. The maximum absolute atomic E-state index is 12.8. The maximum atomic E-state index is 12.8. The summed E-state index contributed by atoms with van der Waals surface area (Å²) in [7, 11) is 0. The van der Waals surface area contributed by atoms with Crippen LogP contribution >= 0.6 is 0 Å². The van der Waals surface area contributed by atoms with Crippen LogP contribution in [0.3, 0.4) is 0 Å². The zero-order valence-electron chi connectivity index (χ0n) is 16.7. The molecule has 1 atom stereocenters. The summed E-state index contributed by atoms with van der Waals surface area (Å²) in [6.07, 6.45) is 7.69. The lowest BCUT2D eigenvalue weighted by atomic mass is 10.1. The monoisotopic (exact) mass is 384 g/mol. The van der Waals surface area contributed by atoms with Gasteiger partial charge in [0.1, 0.15) is 0 Å². The molecule has 0 aliphatic heterocycles. The third-order valence-corrected chi connectivity index (χ3v) is 4.60. The Balaban J connectivity index is 1.64. The lowest BCUT2D eigenvalue weighted by Gasteiger charge is -2.05.